The molecule has 0 aliphatic carbocycles. The number of halogens is 6. The number of phenols is 1. The van der Waals surface area contributed by atoms with E-state index in [0.29, 0.717) is 12.1 Å². The number of carbonyl (C=O) groups excluding carboxylic acids is 1. The largest absolute Gasteiger partial charge is 0.508 e. The van der Waals surface area contributed by atoms with Crippen LogP contribution in [0.5, 0.6) is 5.75 Å². The van der Waals surface area contributed by atoms with E-state index in [2.05, 4.69) is 5.32 Å². The molecule has 0 atom stereocenters. The lowest BCUT2D eigenvalue weighted by Gasteiger charge is -2.14. The lowest BCUT2D eigenvalue weighted by Crippen LogP contribution is -2.26. The van der Waals surface area contributed by atoms with Gasteiger partial charge in [0.05, 0.1) is 11.1 Å². The first-order valence-corrected chi connectivity index (χ1v) is 7.32. The molecule has 3 nitrogen and oxygen atoms in total. The van der Waals surface area contributed by atoms with Crippen LogP contribution >= 0.6 is 0 Å². The third-order valence-electron chi connectivity index (χ3n) is 3.49. The number of alkyl halides is 6. The number of nitrogens with one attached hydrogen (secondary N) is 1. The van der Waals surface area contributed by atoms with Crippen molar-refractivity contribution in [2.24, 2.45) is 0 Å². The number of benzene rings is 2. The normalized spacial score (nSPS) is 12.1. The van der Waals surface area contributed by atoms with Gasteiger partial charge in [-0.3, -0.25) is 4.79 Å². The first-order valence-electron chi connectivity index (χ1n) is 7.32. The molecule has 0 bridgehead atoms. The zero-order valence-electron chi connectivity index (χ0n) is 13.1. The topological polar surface area (TPSA) is 49.3 Å². The summed E-state index contributed by atoms with van der Waals surface area (Å²) in [5.74, 6) is -0.998. The molecule has 2 aromatic carbocycles. The van der Waals surface area contributed by atoms with E-state index in [1.807, 2.05) is 0 Å². The van der Waals surface area contributed by atoms with Gasteiger partial charge in [0.1, 0.15) is 5.75 Å². The Hall–Kier alpha value is -2.71. The molecule has 0 radical (unpaired) electrons. The van der Waals surface area contributed by atoms with Crippen molar-refractivity contribution in [2.75, 3.05) is 6.54 Å². The van der Waals surface area contributed by atoms with Crippen LogP contribution in [0.15, 0.2) is 42.5 Å². The Morgan fingerprint density at radius 2 is 1.38 bits per heavy atom. The Bertz CT molecular complexity index is 749. The fraction of sp³-hybridized carbons (Fsp3) is 0.235. The van der Waals surface area contributed by atoms with E-state index in [0.717, 1.165) is 5.56 Å². The molecule has 0 unspecified atom stereocenters. The van der Waals surface area contributed by atoms with Gasteiger partial charge in [-0.15, -0.1) is 0 Å². The number of rotatable bonds is 4. The maximum Gasteiger partial charge on any atom is 0.416 e. The van der Waals surface area contributed by atoms with Crippen LogP contribution in [0.1, 0.15) is 27.0 Å². The summed E-state index contributed by atoms with van der Waals surface area (Å²) in [7, 11) is 0. The van der Waals surface area contributed by atoms with E-state index in [1.54, 1.807) is 12.1 Å². The molecule has 140 valence electrons. The Morgan fingerprint density at radius 1 is 0.885 bits per heavy atom. The van der Waals surface area contributed by atoms with Crippen LogP contribution in [0.25, 0.3) is 0 Å². The van der Waals surface area contributed by atoms with E-state index < -0.39 is 35.0 Å². The molecule has 2 N–H and O–H groups in total. The molecule has 0 saturated heterocycles. The minimum absolute atomic E-state index is 0.00120. The zero-order valence-corrected chi connectivity index (χ0v) is 13.1. The third kappa shape index (κ3) is 5.14. The van der Waals surface area contributed by atoms with Crippen LogP contribution in [-0.2, 0) is 18.8 Å². The van der Waals surface area contributed by atoms with Crippen molar-refractivity contribution >= 4 is 5.91 Å². The van der Waals surface area contributed by atoms with Gasteiger partial charge in [0, 0.05) is 12.1 Å². The Kier molecular flexibility index (Phi) is 5.48. The molecular formula is C17H13F6NO2. The van der Waals surface area contributed by atoms with Gasteiger partial charge < -0.3 is 10.4 Å². The number of amides is 1. The van der Waals surface area contributed by atoms with E-state index in [9.17, 15) is 31.1 Å². The molecule has 2 rings (SSSR count). The number of hydrogen-bond donors (Lipinski definition) is 2. The van der Waals surface area contributed by atoms with E-state index in [4.69, 9.17) is 5.11 Å². The molecule has 0 saturated carbocycles. The fourth-order valence-electron chi connectivity index (χ4n) is 2.17. The Labute approximate surface area is 144 Å². The smallest absolute Gasteiger partial charge is 0.416 e. The molecule has 0 aliphatic rings. The summed E-state index contributed by atoms with van der Waals surface area (Å²) in [5, 5.41) is 11.4. The van der Waals surface area contributed by atoms with Crippen molar-refractivity contribution in [2.45, 2.75) is 18.8 Å². The Balaban J connectivity index is 2.15. The summed E-state index contributed by atoms with van der Waals surface area (Å²) in [6, 6.07) is 6.71. The van der Waals surface area contributed by atoms with Crippen molar-refractivity contribution in [1.29, 1.82) is 0 Å². The van der Waals surface area contributed by atoms with Crippen molar-refractivity contribution in [3.63, 3.8) is 0 Å². The maximum absolute atomic E-state index is 12.8. The molecule has 26 heavy (non-hydrogen) atoms. The highest BCUT2D eigenvalue weighted by atomic mass is 19.4. The van der Waals surface area contributed by atoms with Gasteiger partial charge in [-0.1, -0.05) is 12.1 Å². The van der Waals surface area contributed by atoms with Gasteiger partial charge in [0.15, 0.2) is 0 Å². The predicted octanol–water partition coefficient (Wildman–Crippen LogP) is 4.40. The number of carbonyl (C=O) groups is 1. The van der Waals surface area contributed by atoms with E-state index in [1.165, 1.54) is 12.1 Å². The van der Waals surface area contributed by atoms with Crippen molar-refractivity contribution in [1.82, 2.24) is 5.32 Å². The molecule has 0 spiro atoms. The maximum atomic E-state index is 12.8. The summed E-state index contributed by atoms with van der Waals surface area (Å²) >= 11 is 0. The second-order valence-electron chi connectivity index (χ2n) is 5.47. The first kappa shape index (κ1) is 19.6. The second kappa shape index (κ2) is 7.27. The molecule has 0 heterocycles. The van der Waals surface area contributed by atoms with Gasteiger partial charge in [-0.05, 0) is 42.3 Å². The highest BCUT2D eigenvalue weighted by Gasteiger charge is 2.37. The highest BCUT2D eigenvalue weighted by molar-refractivity contribution is 5.94. The summed E-state index contributed by atoms with van der Waals surface area (Å²) < 4.78 is 76.7. The van der Waals surface area contributed by atoms with Crippen LogP contribution in [0.2, 0.25) is 0 Å². The molecule has 1 amide bonds. The number of phenolic OH excluding ortho intramolecular Hbond substituents is 1. The van der Waals surface area contributed by atoms with Crippen LogP contribution in [0.4, 0.5) is 26.3 Å². The zero-order chi connectivity index (χ0) is 19.5. The van der Waals surface area contributed by atoms with Crippen molar-refractivity contribution in [3.05, 3.63) is 64.7 Å². The monoisotopic (exact) mass is 377 g/mol. The molecular weight excluding hydrogens is 364 g/mol. The second-order valence-corrected chi connectivity index (χ2v) is 5.47. The van der Waals surface area contributed by atoms with Crippen molar-refractivity contribution < 1.29 is 36.2 Å². The van der Waals surface area contributed by atoms with Crippen LogP contribution in [0.3, 0.4) is 0 Å². The summed E-state index contributed by atoms with van der Waals surface area (Å²) in [5.41, 5.74) is -3.09. The van der Waals surface area contributed by atoms with Gasteiger partial charge in [0.25, 0.3) is 5.91 Å². The SMILES string of the molecule is O=C(NCCc1ccc(O)cc1)c1cc(C(F)(F)F)cc(C(F)(F)F)c1. The van der Waals surface area contributed by atoms with Gasteiger partial charge in [0.2, 0.25) is 0 Å². The van der Waals surface area contributed by atoms with E-state index in [-0.39, 0.29) is 24.8 Å². The quantitative estimate of drug-likeness (QED) is 0.776. The third-order valence-corrected chi connectivity index (χ3v) is 3.49. The number of hydrogen-bond acceptors (Lipinski definition) is 2. The van der Waals surface area contributed by atoms with Crippen LogP contribution in [0, 0.1) is 0 Å². The summed E-state index contributed by atoms with van der Waals surface area (Å²) in [4.78, 5) is 12.0. The summed E-state index contributed by atoms with van der Waals surface area (Å²) in [6.45, 7) is 0.00120. The molecule has 9 heteroatoms. The molecule has 0 aliphatic heterocycles. The predicted molar refractivity (Wildman–Crippen MR) is 80.6 cm³/mol. The minimum Gasteiger partial charge on any atom is -0.508 e. The van der Waals surface area contributed by atoms with Crippen LogP contribution < -0.4 is 5.32 Å². The molecule has 0 fully saturated rings. The van der Waals surface area contributed by atoms with Gasteiger partial charge in [-0.25, -0.2) is 0 Å². The molecule has 0 aromatic heterocycles. The highest BCUT2D eigenvalue weighted by Crippen LogP contribution is 2.36. The van der Waals surface area contributed by atoms with Gasteiger partial charge in [-0.2, -0.15) is 26.3 Å². The summed E-state index contributed by atoms with van der Waals surface area (Å²) in [6.07, 6.45) is -9.73. The molecule has 2 aromatic rings. The number of aromatic hydroxyl groups is 1. The van der Waals surface area contributed by atoms with E-state index >= 15 is 0 Å². The minimum atomic E-state index is -5.01. The lowest BCUT2D eigenvalue weighted by atomic mass is 10.0. The van der Waals surface area contributed by atoms with Gasteiger partial charge >= 0.3 is 12.4 Å². The fourth-order valence-corrected chi connectivity index (χ4v) is 2.17. The average molecular weight is 377 g/mol. The standard InChI is InChI=1S/C17H13F6NO2/c18-16(19,20)12-7-11(8-13(9-12)17(21,22)23)15(26)24-6-5-10-1-3-14(25)4-2-10/h1-4,7-9,25H,5-6H2,(H,24,26). The average Bonchev–Trinajstić information content (AvgIpc) is 2.54. The first-order chi connectivity index (χ1) is 12.0. The van der Waals surface area contributed by atoms with Crippen LogP contribution in [-0.4, -0.2) is 17.6 Å². The Morgan fingerprint density at radius 3 is 1.85 bits per heavy atom. The lowest BCUT2D eigenvalue weighted by molar-refractivity contribution is -0.143. The van der Waals surface area contributed by atoms with Crippen molar-refractivity contribution in [3.8, 4) is 5.75 Å².